The molecule has 0 saturated carbocycles. The minimum Gasteiger partial charge on any atom is -0.312 e. The molecule has 0 bridgehead atoms. The molecule has 0 aliphatic heterocycles. The Morgan fingerprint density at radius 1 is 1.24 bits per heavy atom. The highest BCUT2D eigenvalue weighted by molar-refractivity contribution is 6.20. The van der Waals surface area contributed by atoms with Gasteiger partial charge in [-0.25, -0.2) is 4.98 Å². The van der Waals surface area contributed by atoms with Crippen molar-refractivity contribution < 1.29 is 0 Å². The first-order valence-electron chi connectivity index (χ1n) is 8.01. The maximum atomic E-state index is 6.35. The van der Waals surface area contributed by atoms with Crippen LogP contribution < -0.4 is 0 Å². The maximum absolute atomic E-state index is 6.35. The van der Waals surface area contributed by atoms with Crippen LogP contribution >= 0.6 is 11.6 Å². The van der Waals surface area contributed by atoms with Crippen LogP contribution in [0.15, 0.2) is 0 Å². The van der Waals surface area contributed by atoms with Gasteiger partial charge < -0.3 is 4.57 Å². The standard InChI is InChI=1S/C16H27ClN4/c1-6-8-13-14-16(20(5)19-13)21(10-7-9-11(2)3)15(18-14)12(4)17/h11-12H,6-10H2,1-5H3. The van der Waals surface area contributed by atoms with Gasteiger partial charge in [0, 0.05) is 13.6 Å². The molecular weight excluding hydrogens is 284 g/mol. The second-order valence-corrected chi connectivity index (χ2v) is 6.92. The Labute approximate surface area is 132 Å². The molecule has 0 aliphatic carbocycles. The Kier molecular flexibility index (Phi) is 5.31. The van der Waals surface area contributed by atoms with Crippen LogP contribution in [0.25, 0.3) is 11.2 Å². The first kappa shape index (κ1) is 16.3. The van der Waals surface area contributed by atoms with E-state index in [1.54, 1.807) is 0 Å². The number of fused-ring (bicyclic) bond motifs is 1. The van der Waals surface area contributed by atoms with Crippen LogP contribution in [-0.2, 0) is 20.0 Å². The molecule has 0 spiro atoms. The molecule has 118 valence electrons. The average Bonchev–Trinajstić information content (AvgIpc) is 2.90. The highest BCUT2D eigenvalue weighted by Gasteiger charge is 2.21. The Morgan fingerprint density at radius 3 is 2.52 bits per heavy atom. The van der Waals surface area contributed by atoms with Gasteiger partial charge in [-0.3, -0.25) is 4.68 Å². The zero-order valence-corrected chi connectivity index (χ0v) is 14.6. The van der Waals surface area contributed by atoms with E-state index >= 15 is 0 Å². The van der Waals surface area contributed by atoms with Crippen LogP contribution in [0.4, 0.5) is 0 Å². The lowest BCUT2D eigenvalue weighted by molar-refractivity contribution is 0.504. The van der Waals surface area contributed by atoms with E-state index in [-0.39, 0.29) is 5.38 Å². The van der Waals surface area contributed by atoms with Crippen LogP contribution in [0.3, 0.4) is 0 Å². The topological polar surface area (TPSA) is 35.6 Å². The lowest BCUT2D eigenvalue weighted by atomic mass is 10.1. The third-order valence-electron chi connectivity index (χ3n) is 3.83. The summed E-state index contributed by atoms with van der Waals surface area (Å²) in [6, 6.07) is 0. The number of hydrogen-bond donors (Lipinski definition) is 0. The molecule has 21 heavy (non-hydrogen) atoms. The van der Waals surface area contributed by atoms with Gasteiger partial charge in [-0.05, 0) is 32.1 Å². The number of hydrogen-bond acceptors (Lipinski definition) is 2. The summed E-state index contributed by atoms with van der Waals surface area (Å²) < 4.78 is 4.23. The quantitative estimate of drug-likeness (QED) is 0.708. The van der Waals surface area contributed by atoms with Crippen LogP contribution in [0.1, 0.15) is 63.9 Å². The number of aryl methyl sites for hydroxylation is 3. The summed E-state index contributed by atoms with van der Waals surface area (Å²) in [6.07, 6.45) is 4.41. The predicted molar refractivity (Wildman–Crippen MR) is 88.8 cm³/mol. The molecule has 5 heteroatoms. The molecule has 2 aromatic rings. The summed E-state index contributed by atoms with van der Waals surface area (Å²) in [5, 5.41) is 4.56. The molecule has 0 N–H and O–H groups in total. The van der Waals surface area contributed by atoms with Crippen molar-refractivity contribution in [1.29, 1.82) is 0 Å². The molecule has 0 amide bonds. The van der Waals surface area contributed by atoms with E-state index in [4.69, 9.17) is 16.6 Å². The first-order valence-corrected chi connectivity index (χ1v) is 8.45. The number of aromatic nitrogens is 4. The van der Waals surface area contributed by atoms with Crippen molar-refractivity contribution in [2.24, 2.45) is 13.0 Å². The predicted octanol–water partition coefficient (Wildman–Crippen LogP) is 4.46. The highest BCUT2D eigenvalue weighted by Crippen LogP contribution is 2.27. The molecule has 0 aliphatic rings. The van der Waals surface area contributed by atoms with Gasteiger partial charge in [0.05, 0.1) is 11.1 Å². The van der Waals surface area contributed by atoms with Gasteiger partial charge >= 0.3 is 0 Å². The average molecular weight is 311 g/mol. The van der Waals surface area contributed by atoms with Gasteiger partial charge in [-0.1, -0.05) is 27.2 Å². The van der Waals surface area contributed by atoms with Crippen molar-refractivity contribution in [3.05, 3.63) is 11.5 Å². The summed E-state index contributed by atoms with van der Waals surface area (Å²) >= 11 is 6.35. The van der Waals surface area contributed by atoms with Crippen LogP contribution in [-0.4, -0.2) is 19.3 Å². The monoisotopic (exact) mass is 310 g/mol. The molecule has 4 nitrogen and oxygen atoms in total. The van der Waals surface area contributed by atoms with E-state index in [9.17, 15) is 0 Å². The normalized spacial score (nSPS) is 13.5. The van der Waals surface area contributed by atoms with Gasteiger partial charge in [-0.2, -0.15) is 5.10 Å². The van der Waals surface area contributed by atoms with Crippen molar-refractivity contribution in [3.8, 4) is 0 Å². The zero-order chi connectivity index (χ0) is 15.6. The molecule has 2 aromatic heterocycles. The molecule has 2 rings (SSSR count). The van der Waals surface area contributed by atoms with Gasteiger partial charge in [0.2, 0.25) is 0 Å². The Hall–Kier alpha value is -1.03. The largest absolute Gasteiger partial charge is 0.312 e. The summed E-state index contributed by atoms with van der Waals surface area (Å²) in [5.74, 6) is 1.70. The van der Waals surface area contributed by atoms with Crippen molar-refractivity contribution in [3.63, 3.8) is 0 Å². The number of alkyl halides is 1. The minimum absolute atomic E-state index is 0.0778. The third kappa shape index (κ3) is 3.42. The second kappa shape index (κ2) is 6.82. The summed E-state index contributed by atoms with van der Waals surface area (Å²) in [4.78, 5) is 4.80. The summed E-state index contributed by atoms with van der Waals surface area (Å²) in [7, 11) is 2.00. The molecular formula is C16H27ClN4. The fourth-order valence-corrected chi connectivity index (χ4v) is 3.01. The van der Waals surface area contributed by atoms with Crippen molar-refractivity contribution in [2.45, 2.75) is 65.3 Å². The van der Waals surface area contributed by atoms with Crippen molar-refractivity contribution >= 4 is 22.8 Å². The number of rotatable bonds is 7. The molecule has 1 atom stereocenters. The minimum atomic E-state index is -0.0778. The maximum Gasteiger partial charge on any atom is 0.158 e. The van der Waals surface area contributed by atoms with E-state index < -0.39 is 0 Å². The smallest absolute Gasteiger partial charge is 0.158 e. The molecule has 0 aromatic carbocycles. The van der Waals surface area contributed by atoms with E-state index in [2.05, 4.69) is 30.4 Å². The molecule has 0 fully saturated rings. The van der Waals surface area contributed by atoms with Gasteiger partial charge in [0.25, 0.3) is 0 Å². The Morgan fingerprint density at radius 2 is 1.95 bits per heavy atom. The Balaban J connectivity index is 2.41. The van der Waals surface area contributed by atoms with Crippen molar-refractivity contribution in [1.82, 2.24) is 19.3 Å². The number of halogens is 1. The second-order valence-electron chi connectivity index (χ2n) is 6.27. The van der Waals surface area contributed by atoms with E-state index in [1.165, 1.54) is 6.42 Å². The highest BCUT2D eigenvalue weighted by atomic mass is 35.5. The SMILES string of the molecule is CCCc1nn(C)c2c1nc(C(C)Cl)n2CCCC(C)C. The fraction of sp³-hybridized carbons (Fsp3) is 0.750. The van der Waals surface area contributed by atoms with Gasteiger partial charge in [0.1, 0.15) is 11.3 Å². The zero-order valence-electron chi connectivity index (χ0n) is 13.9. The molecule has 0 saturated heterocycles. The molecule has 1 unspecified atom stereocenters. The summed E-state index contributed by atoms with van der Waals surface area (Å²) in [5.41, 5.74) is 3.24. The van der Waals surface area contributed by atoms with Crippen LogP contribution in [0.5, 0.6) is 0 Å². The van der Waals surface area contributed by atoms with Gasteiger partial charge in [0.15, 0.2) is 5.65 Å². The number of imidazole rings is 1. The summed E-state index contributed by atoms with van der Waals surface area (Å²) in [6.45, 7) is 9.65. The molecule has 0 radical (unpaired) electrons. The lowest BCUT2D eigenvalue weighted by Crippen LogP contribution is -2.09. The van der Waals surface area contributed by atoms with E-state index in [0.717, 1.165) is 54.4 Å². The number of nitrogens with zero attached hydrogens (tertiary/aromatic N) is 4. The van der Waals surface area contributed by atoms with Crippen LogP contribution in [0.2, 0.25) is 0 Å². The lowest BCUT2D eigenvalue weighted by Gasteiger charge is -2.11. The van der Waals surface area contributed by atoms with Gasteiger partial charge in [-0.15, -0.1) is 11.6 Å². The fourth-order valence-electron chi connectivity index (χ4n) is 2.85. The third-order valence-corrected chi connectivity index (χ3v) is 4.02. The van der Waals surface area contributed by atoms with Crippen molar-refractivity contribution in [2.75, 3.05) is 0 Å². The van der Waals surface area contributed by atoms with Crippen LogP contribution in [0, 0.1) is 5.92 Å². The molecule has 2 heterocycles. The first-order chi connectivity index (χ1) is 9.95. The Bertz CT molecular complexity index is 595. The van der Waals surface area contributed by atoms with E-state index in [0.29, 0.717) is 0 Å². The van der Waals surface area contributed by atoms with E-state index in [1.807, 2.05) is 18.7 Å².